The number of piperidine rings is 2. The van der Waals surface area contributed by atoms with Crippen molar-refractivity contribution in [2.75, 3.05) is 33.3 Å². The summed E-state index contributed by atoms with van der Waals surface area (Å²) in [5.74, 6) is 1.07. The van der Waals surface area contributed by atoms with E-state index in [1.165, 1.54) is 4.90 Å². The topological polar surface area (TPSA) is 70.1 Å². The Balaban J connectivity index is 1.39. The van der Waals surface area contributed by atoms with Gasteiger partial charge in [-0.3, -0.25) is 14.5 Å². The van der Waals surface area contributed by atoms with Gasteiger partial charge in [0.15, 0.2) is 0 Å². The van der Waals surface area contributed by atoms with Crippen LogP contribution < -0.4 is 4.74 Å². The Labute approximate surface area is 166 Å². The Morgan fingerprint density at radius 1 is 1.07 bits per heavy atom. The van der Waals surface area contributed by atoms with Gasteiger partial charge in [-0.15, -0.1) is 0 Å². The fourth-order valence-electron chi connectivity index (χ4n) is 5.43. The number of likely N-dealkylation sites (tertiary alicyclic amines) is 2. The molecule has 4 rings (SSSR count). The summed E-state index contributed by atoms with van der Waals surface area (Å²) in [6.45, 7) is 3.05. The molecule has 0 spiro atoms. The van der Waals surface area contributed by atoms with Crippen molar-refractivity contribution < 1.29 is 19.4 Å². The van der Waals surface area contributed by atoms with Gasteiger partial charge in [0, 0.05) is 49.9 Å². The third-order valence-corrected chi connectivity index (χ3v) is 6.84. The smallest absolute Gasteiger partial charge is 0.229 e. The van der Waals surface area contributed by atoms with Gasteiger partial charge in [-0.2, -0.15) is 0 Å². The lowest BCUT2D eigenvalue weighted by atomic mass is 9.75. The number of ether oxygens (including phenoxy) is 1. The molecule has 1 N–H and O–H groups in total. The molecule has 6 heteroatoms. The molecule has 2 amide bonds. The first-order valence-electron chi connectivity index (χ1n) is 10.5. The number of fused-ring (bicyclic) bond motifs is 2. The molecule has 2 saturated heterocycles. The van der Waals surface area contributed by atoms with Crippen LogP contribution >= 0.6 is 0 Å². The van der Waals surface area contributed by atoms with Gasteiger partial charge >= 0.3 is 0 Å². The van der Waals surface area contributed by atoms with E-state index in [-0.39, 0.29) is 23.7 Å². The number of para-hydroxylation sites is 1. The zero-order valence-electron chi connectivity index (χ0n) is 16.6. The highest BCUT2D eigenvalue weighted by Crippen LogP contribution is 2.53. The molecule has 152 valence electrons. The number of rotatable bonds is 6. The van der Waals surface area contributed by atoms with Gasteiger partial charge in [-0.1, -0.05) is 18.2 Å². The molecular weight excluding hydrogens is 356 g/mol. The highest BCUT2D eigenvalue weighted by molar-refractivity contribution is 5.97. The van der Waals surface area contributed by atoms with Gasteiger partial charge in [0.2, 0.25) is 11.8 Å². The van der Waals surface area contributed by atoms with Gasteiger partial charge in [0.25, 0.3) is 0 Å². The van der Waals surface area contributed by atoms with Crippen LogP contribution in [0.3, 0.4) is 0 Å². The van der Waals surface area contributed by atoms with Crippen LogP contribution in [-0.4, -0.2) is 60.0 Å². The lowest BCUT2D eigenvalue weighted by Crippen LogP contribution is -2.52. The summed E-state index contributed by atoms with van der Waals surface area (Å²) < 4.78 is 5.52. The Bertz CT molecular complexity index is 720. The fraction of sp³-hybridized carbons (Fsp3) is 0.636. The number of carbonyl (C=O) groups is 2. The molecule has 2 bridgehead atoms. The zero-order chi connectivity index (χ0) is 19.7. The number of hydrogen-bond donors (Lipinski definition) is 1. The van der Waals surface area contributed by atoms with E-state index in [4.69, 9.17) is 4.74 Å². The largest absolute Gasteiger partial charge is 0.496 e. The predicted molar refractivity (Wildman–Crippen MR) is 105 cm³/mol. The predicted octanol–water partition coefficient (Wildman–Crippen LogP) is 2.15. The Hall–Kier alpha value is -1.92. The molecule has 1 aromatic rings. The van der Waals surface area contributed by atoms with Crippen LogP contribution in [0.5, 0.6) is 5.75 Å². The summed E-state index contributed by atoms with van der Waals surface area (Å²) in [5, 5.41) is 11.7. The van der Waals surface area contributed by atoms with Crippen molar-refractivity contribution in [3.8, 4) is 5.75 Å². The average molecular weight is 386 g/mol. The number of aliphatic hydroxyl groups is 1. The van der Waals surface area contributed by atoms with Gasteiger partial charge < -0.3 is 14.7 Å². The molecule has 0 radical (unpaired) electrons. The van der Waals surface area contributed by atoms with Crippen LogP contribution in [0, 0.1) is 11.8 Å². The Morgan fingerprint density at radius 3 is 2.36 bits per heavy atom. The highest BCUT2D eigenvalue weighted by Gasteiger charge is 2.54. The third kappa shape index (κ3) is 3.33. The minimum atomic E-state index is -0.831. The zero-order valence-corrected chi connectivity index (χ0v) is 16.6. The SMILES string of the molecule is COc1ccccc1C1(O)C2CCC1CN(CCCN1C(=O)CCCC1=O)C2. The van der Waals surface area contributed by atoms with E-state index >= 15 is 0 Å². The standard InChI is InChI=1S/C22H30N2O4/c1-28-19-7-3-2-6-18(19)22(27)16-10-11-17(22)15-23(14-16)12-5-13-24-20(25)8-4-9-21(24)26/h2-3,6-7,16-17,27H,4-5,8-15H2,1H3. The van der Waals surface area contributed by atoms with Gasteiger partial charge in [0.1, 0.15) is 11.4 Å². The van der Waals surface area contributed by atoms with Crippen LogP contribution in [0.15, 0.2) is 24.3 Å². The van der Waals surface area contributed by atoms with Crippen molar-refractivity contribution in [3.05, 3.63) is 29.8 Å². The van der Waals surface area contributed by atoms with Crippen LogP contribution in [0.25, 0.3) is 0 Å². The van der Waals surface area contributed by atoms with E-state index in [2.05, 4.69) is 4.90 Å². The van der Waals surface area contributed by atoms with Gasteiger partial charge in [-0.25, -0.2) is 0 Å². The quantitative estimate of drug-likeness (QED) is 0.759. The lowest BCUT2D eigenvalue weighted by Gasteiger charge is -2.45. The number of carbonyl (C=O) groups excluding carboxylic acids is 2. The van der Waals surface area contributed by atoms with E-state index in [0.717, 1.165) is 50.2 Å². The molecule has 1 saturated carbocycles. The second-order valence-electron chi connectivity index (χ2n) is 8.40. The average Bonchev–Trinajstić information content (AvgIpc) is 2.87. The summed E-state index contributed by atoms with van der Waals surface area (Å²) in [4.78, 5) is 27.7. The Kier molecular flexibility index (Phi) is 5.43. The molecule has 1 aliphatic carbocycles. The maximum Gasteiger partial charge on any atom is 0.229 e. The normalized spacial score (nSPS) is 30.7. The second kappa shape index (κ2) is 7.84. The van der Waals surface area contributed by atoms with Crippen molar-refractivity contribution in [3.63, 3.8) is 0 Å². The first-order chi connectivity index (χ1) is 13.5. The minimum Gasteiger partial charge on any atom is -0.496 e. The van der Waals surface area contributed by atoms with E-state index < -0.39 is 5.60 Å². The van der Waals surface area contributed by atoms with Crippen molar-refractivity contribution in [2.45, 2.75) is 44.1 Å². The molecule has 3 fully saturated rings. The number of methoxy groups -OCH3 is 1. The molecule has 0 aromatic heterocycles. The van der Waals surface area contributed by atoms with Gasteiger partial charge in [0.05, 0.1) is 7.11 Å². The summed E-state index contributed by atoms with van der Waals surface area (Å²) in [7, 11) is 1.66. The molecule has 2 heterocycles. The number of nitrogens with zero attached hydrogens (tertiary/aromatic N) is 2. The summed E-state index contributed by atoms with van der Waals surface area (Å²) in [6.07, 6.45) is 4.49. The Morgan fingerprint density at radius 2 is 1.71 bits per heavy atom. The minimum absolute atomic E-state index is 0.0273. The summed E-state index contributed by atoms with van der Waals surface area (Å²) in [5.41, 5.74) is 0.0798. The summed E-state index contributed by atoms with van der Waals surface area (Å²) in [6, 6.07) is 7.82. The van der Waals surface area contributed by atoms with Crippen molar-refractivity contribution in [1.82, 2.24) is 9.80 Å². The van der Waals surface area contributed by atoms with E-state index in [1.807, 2.05) is 24.3 Å². The van der Waals surface area contributed by atoms with Crippen LogP contribution in [0.4, 0.5) is 0 Å². The highest BCUT2D eigenvalue weighted by atomic mass is 16.5. The van der Waals surface area contributed by atoms with E-state index in [9.17, 15) is 14.7 Å². The van der Waals surface area contributed by atoms with Crippen LogP contribution in [0.1, 0.15) is 44.1 Å². The van der Waals surface area contributed by atoms with Crippen molar-refractivity contribution >= 4 is 11.8 Å². The first kappa shape index (κ1) is 19.4. The van der Waals surface area contributed by atoms with E-state index in [0.29, 0.717) is 25.8 Å². The number of benzene rings is 1. The molecule has 6 nitrogen and oxygen atoms in total. The monoisotopic (exact) mass is 386 g/mol. The lowest BCUT2D eigenvalue weighted by molar-refractivity contribution is -0.148. The third-order valence-electron chi connectivity index (χ3n) is 6.84. The number of imide groups is 1. The maximum atomic E-state index is 11.9. The maximum absolute atomic E-state index is 11.9. The molecule has 2 aliphatic heterocycles. The number of hydrogen-bond acceptors (Lipinski definition) is 5. The first-order valence-corrected chi connectivity index (χ1v) is 10.5. The van der Waals surface area contributed by atoms with Crippen molar-refractivity contribution in [1.29, 1.82) is 0 Å². The molecular formula is C22H30N2O4. The second-order valence-corrected chi connectivity index (χ2v) is 8.40. The van der Waals surface area contributed by atoms with Crippen LogP contribution in [0.2, 0.25) is 0 Å². The van der Waals surface area contributed by atoms with Gasteiger partial charge in [-0.05, 0) is 38.3 Å². The molecule has 1 aromatic carbocycles. The fourth-order valence-corrected chi connectivity index (χ4v) is 5.43. The van der Waals surface area contributed by atoms with Crippen LogP contribution in [-0.2, 0) is 15.2 Å². The number of amides is 2. The van der Waals surface area contributed by atoms with E-state index in [1.54, 1.807) is 7.11 Å². The molecule has 2 unspecified atom stereocenters. The van der Waals surface area contributed by atoms with Crippen molar-refractivity contribution in [2.24, 2.45) is 11.8 Å². The molecule has 2 atom stereocenters. The molecule has 3 aliphatic rings. The summed E-state index contributed by atoms with van der Waals surface area (Å²) >= 11 is 0. The molecule has 28 heavy (non-hydrogen) atoms.